The normalized spacial score (nSPS) is 25.9. The van der Waals surface area contributed by atoms with Crippen LogP contribution in [0.25, 0.3) is 0 Å². The second kappa shape index (κ2) is 6.28. The van der Waals surface area contributed by atoms with E-state index in [9.17, 15) is 0 Å². The molecule has 2 N–H and O–H groups in total. The fourth-order valence-electron chi connectivity index (χ4n) is 3.43. The molecule has 1 saturated carbocycles. The number of benzene rings is 1. The molecule has 2 rings (SSSR count). The molecular weight excluding hydrogens is 244 g/mol. The van der Waals surface area contributed by atoms with Gasteiger partial charge in [-0.3, -0.25) is 0 Å². The van der Waals surface area contributed by atoms with Crippen LogP contribution in [0.2, 0.25) is 0 Å². The fraction of sp³-hybridized carbons (Fsp3) is 0.667. The molecule has 0 amide bonds. The molecule has 0 bridgehead atoms. The molecule has 2 atom stereocenters. The van der Waals surface area contributed by atoms with Crippen molar-refractivity contribution >= 4 is 0 Å². The first-order valence-corrected chi connectivity index (χ1v) is 7.85. The number of aryl methyl sites for hydroxylation is 1. The Kier molecular flexibility index (Phi) is 4.87. The lowest BCUT2D eigenvalue weighted by molar-refractivity contribution is 0.122. The van der Waals surface area contributed by atoms with Gasteiger partial charge in [-0.25, -0.2) is 0 Å². The summed E-state index contributed by atoms with van der Waals surface area (Å²) in [4.78, 5) is 2.43. The van der Waals surface area contributed by atoms with Crippen LogP contribution in [0.3, 0.4) is 0 Å². The summed E-state index contributed by atoms with van der Waals surface area (Å²) < 4.78 is 0. The molecule has 2 heteroatoms. The minimum atomic E-state index is 0.378. The maximum atomic E-state index is 6.33. The Bertz CT molecular complexity index is 422. The van der Waals surface area contributed by atoms with Crippen LogP contribution in [0.5, 0.6) is 0 Å². The zero-order valence-corrected chi connectivity index (χ0v) is 13.5. The molecular formula is C18H30N2. The Labute approximate surface area is 124 Å². The summed E-state index contributed by atoms with van der Waals surface area (Å²) in [5.41, 5.74) is 9.52. The summed E-state index contributed by atoms with van der Waals surface area (Å²) >= 11 is 0. The van der Waals surface area contributed by atoms with Crippen LogP contribution in [0.4, 0.5) is 0 Å². The van der Waals surface area contributed by atoms with E-state index < -0.39 is 0 Å². The highest BCUT2D eigenvalue weighted by Crippen LogP contribution is 2.38. The van der Waals surface area contributed by atoms with E-state index >= 15 is 0 Å². The van der Waals surface area contributed by atoms with Crippen LogP contribution in [0, 0.1) is 18.3 Å². The summed E-state index contributed by atoms with van der Waals surface area (Å²) in [6.45, 7) is 9.02. The van der Waals surface area contributed by atoms with Crippen LogP contribution >= 0.6 is 0 Å². The molecule has 0 spiro atoms. The van der Waals surface area contributed by atoms with Crippen molar-refractivity contribution < 1.29 is 0 Å². The topological polar surface area (TPSA) is 29.3 Å². The van der Waals surface area contributed by atoms with E-state index in [1.807, 2.05) is 0 Å². The Balaban J connectivity index is 1.90. The van der Waals surface area contributed by atoms with E-state index in [0.717, 1.165) is 13.1 Å². The molecule has 112 valence electrons. The first kappa shape index (κ1) is 15.5. The van der Waals surface area contributed by atoms with Gasteiger partial charge in [-0.05, 0) is 50.1 Å². The van der Waals surface area contributed by atoms with Crippen LogP contribution in [-0.4, -0.2) is 24.5 Å². The number of hydrogen-bond acceptors (Lipinski definition) is 2. The minimum Gasteiger partial charge on any atom is -0.327 e. The SMILES string of the molecule is Cc1ccc(CN(C)CC2CC(C)(C)CCC2N)cc1. The van der Waals surface area contributed by atoms with Crippen molar-refractivity contribution in [2.75, 3.05) is 13.6 Å². The lowest BCUT2D eigenvalue weighted by atomic mass is 9.70. The van der Waals surface area contributed by atoms with E-state index in [1.165, 1.54) is 30.4 Å². The predicted octanol–water partition coefficient (Wildman–Crippen LogP) is 3.58. The lowest BCUT2D eigenvalue weighted by Gasteiger charge is -2.40. The molecule has 0 aliphatic heterocycles. The van der Waals surface area contributed by atoms with Gasteiger partial charge < -0.3 is 10.6 Å². The molecule has 1 aromatic rings. The van der Waals surface area contributed by atoms with Gasteiger partial charge in [0.1, 0.15) is 0 Å². The van der Waals surface area contributed by atoms with Crippen molar-refractivity contribution in [2.45, 2.75) is 52.6 Å². The first-order valence-electron chi connectivity index (χ1n) is 7.85. The third kappa shape index (κ3) is 4.32. The first-order chi connectivity index (χ1) is 9.35. The van der Waals surface area contributed by atoms with Gasteiger partial charge in [-0.15, -0.1) is 0 Å². The molecule has 1 aromatic carbocycles. The van der Waals surface area contributed by atoms with Gasteiger partial charge in [0.05, 0.1) is 0 Å². The van der Waals surface area contributed by atoms with Crippen LogP contribution in [-0.2, 0) is 6.54 Å². The summed E-state index contributed by atoms with van der Waals surface area (Å²) in [6, 6.07) is 9.23. The van der Waals surface area contributed by atoms with Crippen molar-refractivity contribution in [3.63, 3.8) is 0 Å². The average molecular weight is 274 g/mol. The largest absolute Gasteiger partial charge is 0.327 e. The van der Waals surface area contributed by atoms with Crippen LogP contribution in [0.15, 0.2) is 24.3 Å². The lowest BCUT2D eigenvalue weighted by Crippen LogP contribution is -2.44. The monoisotopic (exact) mass is 274 g/mol. The number of nitrogens with two attached hydrogens (primary N) is 1. The van der Waals surface area contributed by atoms with Crippen LogP contribution in [0.1, 0.15) is 44.2 Å². The van der Waals surface area contributed by atoms with Crippen molar-refractivity contribution in [1.82, 2.24) is 4.90 Å². The Hall–Kier alpha value is -0.860. The molecule has 0 saturated heterocycles. The average Bonchev–Trinajstić information content (AvgIpc) is 2.36. The predicted molar refractivity (Wildman–Crippen MR) is 86.6 cm³/mol. The zero-order valence-electron chi connectivity index (χ0n) is 13.5. The van der Waals surface area contributed by atoms with Gasteiger partial charge in [0.15, 0.2) is 0 Å². The molecule has 2 nitrogen and oxygen atoms in total. The van der Waals surface area contributed by atoms with Gasteiger partial charge in [0, 0.05) is 19.1 Å². The van der Waals surface area contributed by atoms with Gasteiger partial charge >= 0.3 is 0 Å². The highest BCUT2D eigenvalue weighted by Gasteiger charge is 2.33. The molecule has 0 heterocycles. The van der Waals surface area contributed by atoms with Crippen molar-refractivity contribution in [1.29, 1.82) is 0 Å². The Morgan fingerprint density at radius 2 is 1.90 bits per heavy atom. The molecule has 1 aliphatic carbocycles. The van der Waals surface area contributed by atoms with Crippen molar-refractivity contribution in [2.24, 2.45) is 17.1 Å². The molecule has 20 heavy (non-hydrogen) atoms. The number of rotatable bonds is 4. The second-order valence-corrected chi connectivity index (χ2v) is 7.51. The van der Waals surface area contributed by atoms with Gasteiger partial charge in [-0.1, -0.05) is 43.7 Å². The van der Waals surface area contributed by atoms with Gasteiger partial charge in [0.2, 0.25) is 0 Å². The maximum absolute atomic E-state index is 6.33. The van der Waals surface area contributed by atoms with E-state index in [4.69, 9.17) is 5.73 Å². The van der Waals surface area contributed by atoms with Crippen molar-refractivity contribution in [3.05, 3.63) is 35.4 Å². The van der Waals surface area contributed by atoms with E-state index in [0.29, 0.717) is 17.4 Å². The third-order valence-electron chi connectivity index (χ3n) is 4.69. The summed E-state index contributed by atoms with van der Waals surface area (Å²) in [5.74, 6) is 0.634. The van der Waals surface area contributed by atoms with Crippen LogP contribution < -0.4 is 5.73 Å². The summed E-state index contributed by atoms with van der Waals surface area (Å²) in [5, 5.41) is 0. The number of nitrogens with zero attached hydrogens (tertiary/aromatic N) is 1. The third-order valence-corrected chi connectivity index (χ3v) is 4.69. The smallest absolute Gasteiger partial charge is 0.0230 e. The Morgan fingerprint density at radius 3 is 2.55 bits per heavy atom. The van der Waals surface area contributed by atoms with Crippen molar-refractivity contribution in [3.8, 4) is 0 Å². The Morgan fingerprint density at radius 1 is 1.25 bits per heavy atom. The fourth-order valence-corrected chi connectivity index (χ4v) is 3.43. The number of hydrogen-bond donors (Lipinski definition) is 1. The molecule has 0 radical (unpaired) electrons. The second-order valence-electron chi connectivity index (χ2n) is 7.51. The zero-order chi connectivity index (χ0) is 14.8. The van der Waals surface area contributed by atoms with E-state index in [2.05, 4.69) is 57.0 Å². The quantitative estimate of drug-likeness (QED) is 0.909. The summed E-state index contributed by atoms with van der Waals surface area (Å²) in [7, 11) is 2.22. The molecule has 0 aromatic heterocycles. The molecule has 2 unspecified atom stereocenters. The highest BCUT2D eigenvalue weighted by atomic mass is 15.1. The standard InChI is InChI=1S/C18H30N2/c1-14-5-7-15(8-6-14)12-20(4)13-16-11-18(2,3)10-9-17(16)19/h5-8,16-17H,9-13,19H2,1-4H3. The molecule has 1 aliphatic rings. The maximum Gasteiger partial charge on any atom is 0.0230 e. The van der Waals surface area contributed by atoms with E-state index in [1.54, 1.807) is 0 Å². The van der Waals surface area contributed by atoms with Gasteiger partial charge in [0.25, 0.3) is 0 Å². The minimum absolute atomic E-state index is 0.378. The highest BCUT2D eigenvalue weighted by molar-refractivity contribution is 5.21. The van der Waals surface area contributed by atoms with E-state index in [-0.39, 0.29) is 0 Å². The molecule has 1 fully saturated rings. The van der Waals surface area contributed by atoms with Gasteiger partial charge in [-0.2, -0.15) is 0 Å². The summed E-state index contributed by atoms with van der Waals surface area (Å²) in [6.07, 6.45) is 3.70.